The van der Waals surface area contributed by atoms with E-state index in [0.717, 1.165) is 24.1 Å². The van der Waals surface area contributed by atoms with E-state index in [1.807, 2.05) is 17.7 Å². The lowest BCUT2D eigenvalue weighted by Crippen LogP contribution is -2.10. The molecule has 1 fully saturated rings. The number of carbonyl (C=O) groups excluding carboxylic acids is 2. The van der Waals surface area contributed by atoms with Crippen molar-refractivity contribution in [3.05, 3.63) is 29.3 Å². The van der Waals surface area contributed by atoms with Crippen molar-refractivity contribution in [2.75, 3.05) is 11.1 Å². The zero-order valence-electron chi connectivity index (χ0n) is 13.9. The normalized spacial score (nSPS) is 19.9. The zero-order chi connectivity index (χ0) is 17.4. The van der Waals surface area contributed by atoms with Crippen molar-refractivity contribution in [3.8, 4) is 0 Å². The van der Waals surface area contributed by atoms with Crippen molar-refractivity contribution in [1.82, 2.24) is 20.2 Å². The van der Waals surface area contributed by atoms with E-state index in [0.29, 0.717) is 16.8 Å². The Kier molecular flexibility index (Phi) is 4.29. The van der Waals surface area contributed by atoms with Gasteiger partial charge in [-0.3, -0.25) is 9.59 Å². The maximum Gasteiger partial charge on any atom is 0.231 e. The lowest BCUT2D eigenvalue weighted by Gasteiger charge is -2.10. The van der Waals surface area contributed by atoms with Crippen molar-refractivity contribution in [3.63, 3.8) is 0 Å². The summed E-state index contributed by atoms with van der Waals surface area (Å²) in [7, 11) is 0. The lowest BCUT2D eigenvalue weighted by atomic mass is 9.99. The van der Waals surface area contributed by atoms with Gasteiger partial charge in [0, 0.05) is 11.3 Å². The summed E-state index contributed by atoms with van der Waals surface area (Å²) in [5.41, 5.74) is 2.30. The molecule has 2 heterocycles. The van der Waals surface area contributed by atoms with Crippen LogP contribution in [0.5, 0.6) is 0 Å². The second kappa shape index (κ2) is 6.59. The van der Waals surface area contributed by atoms with Crippen LogP contribution in [-0.2, 0) is 4.79 Å². The van der Waals surface area contributed by atoms with Crippen LogP contribution in [0.2, 0.25) is 0 Å². The van der Waals surface area contributed by atoms with Gasteiger partial charge in [-0.15, -0.1) is 5.10 Å². The first kappa shape index (κ1) is 16.3. The van der Waals surface area contributed by atoms with Crippen LogP contribution in [0.1, 0.15) is 60.5 Å². The van der Waals surface area contributed by atoms with Gasteiger partial charge in [-0.2, -0.15) is 0 Å². The van der Waals surface area contributed by atoms with E-state index in [1.165, 1.54) is 24.6 Å². The summed E-state index contributed by atoms with van der Waals surface area (Å²) in [6.45, 7) is 1.85. The minimum absolute atomic E-state index is 0.0142. The number of nitrogens with one attached hydrogen (secondary N) is 1. The summed E-state index contributed by atoms with van der Waals surface area (Å²) < 4.78 is 1.86. The van der Waals surface area contributed by atoms with E-state index in [-0.39, 0.29) is 23.4 Å². The average Bonchev–Trinajstić information content (AvgIpc) is 3.34. The van der Waals surface area contributed by atoms with Gasteiger partial charge >= 0.3 is 0 Å². The Bertz CT molecular complexity index is 828. The molecule has 1 aliphatic carbocycles. The van der Waals surface area contributed by atoms with Crippen molar-refractivity contribution < 1.29 is 9.59 Å². The number of amides is 1. The Morgan fingerprint density at radius 2 is 2.16 bits per heavy atom. The summed E-state index contributed by atoms with van der Waals surface area (Å²) in [6, 6.07) is 5.74. The van der Waals surface area contributed by atoms with Gasteiger partial charge in [0.2, 0.25) is 11.1 Å². The quantitative estimate of drug-likeness (QED) is 0.654. The number of ketones is 1. The van der Waals surface area contributed by atoms with Crippen molar-refractivity contribution in [1.29, 1.82) is 0 Å². The molecule has 8 heteroatoms. The molecule has 1 aromatic heterocycles. The first-order chi connectivity index (χ1) is 12.1. The molecule has 2 aliphatic rings. The molecule has 1 amide bonds. The van der Waals surface area contributed by atoms with E-state index < -0.39 is 0 Å². The Morgan fingerprint density at radius 1 is 1.36 bits per heavy atom. The number of rotatable bonds is 5. The molecule has 1 atom stereocenters. The van der Waals surface area contributed by atoms with Crippen molar-refractivity contribution in [2.24, 2.45) is 0 Å². The fourth-order valence-electron chi connectivity index (χ4n) is 3.46. The highest BCUT2D eigenvalue weighted by molar-refractivity contribution is 7.99. The summed E-state index contributed by atoms with van der Waals surface area (Å²) in [4.78, 5) is 24.3. The number of aromatic nitrogens is 4. The van der Waals surface area contributed by atoms with Gasteiger partial charge < -0.3 is 5.32 Å². The van der Waals surface area contributed by atoms with E-state index in [2.05, 4.69) is 20.8 Å². The van der Waals surface area contributed by atoms with Crippen LogP contribution < -0.4 is 5.32 Å². The fraction of sp³-hybridized carbons (Fsp3) is 0.471. The third-order valence-electron chi connectivity index (χ3n) is 4.96. The molecule has 25 heavy (non-hydrogen) atoms. The molecule has 4 rings (SSSR count). The Balaban J connectivity index is 1.45. The number of hydrogen-bond acceptors (Lipinski definition) is 6. The van der Waals surface area contributed by atoms with Gasteiger partial charge in [0.25, 0.3) is 0 Å². The standard InChI is InChI=1S/C17H19N5O2S/c1-10-13-8-11(6-7-14(13)18-16(10)24)15(23)9-25-17-19-20-21-22(17)12-4-2-3-5-12/h6-8,10,12H,2-5,9H2,1H3,(H,18,24)/t10-/m0/s1. The molecule has 2 aromatic rings. The van der Waals surface area contributed by atoms with Crippen LogP contribution >= 0.6 is 11.8 Å². The number of fused-ring (bicyclic) bond motifs is 1. The van der Waals surface area contributed by atoms with E-state index in [9.17, 15) is 9.59 Å². The minimum atomic E-state index is -0.218. The second-order valence-corrected chi connectivity index (χ2v) is 7.51. The number of thioether (sulfide) groups is 1. The van der Waals surface area contributed by atoms with Crippen LogP contribution in [0.3, 0.4) is 0 Å². The maximum absolute atomic E-state index is 12.6. The number of anilines is 1. The van der Waals surface area contributed by atoms with Crippen LogP contribution in [-0.4, -0.2) is 37.7 Å². The molecule has 7 nitrogen and oxygen atoms in total. The van der Waals surface area contributed by atoms with Gasteiger partial charge in [-0.25, -0.2) is 4.68 Å². The molecule has 0 bridgehead atoms. The lowest BCUT2D eigenvalue weighted by molar-refractivity contribution is -0.116. The molecule has 130 valence electrons. The average molecular weight is 357 g/mol. The highest BCUT2D eigenvalue weighted by Crippen LogP contribution is 2.34. The van der Waals surface area contributed by atoms with E-state index in [1.54, 1.807) is 12.1 Å². The summed E-state index contributed by atoms with van der Waals surface area (Å²) in [6.07, 6.45) is 4.59. The second-order valence-electron chi connectivity index (χ2n) is 6.57. The first-order valence-corrected chi connectivity index (χ1v) is 9.50. The monoisotopic (exact) mass is 357 g/mol. The third kappa shape index (κ3) is 3.06. The molecule has 0 unspecified atom stereocenters. The number of carbonyl (C=O) groups is 2. The summed E-state index contributed by atoms with van der Waals surface area (Å²) in [5.74, 6) is 0.0526. The molecular weight excluding hydrogens is 338 g/mol. The van der Waals surface area contributed by atoms with E-state index in [4.69, 9.17) is 0 Å². The van der Waals surface area contributed by atoms with Crippen LogP contribution in [0.25, 0.3) is 0 Å². The van der Waals surface area contributed by atoms with Crippen LogP contribution in [0, 0.1) is 0 Å². The number of benzene rings is 1. The summed E-state index contributed by atoms with van der Waals surface area (Å²) in [5, 5.41) is 15.4. The topological polar surface area (TPSA) is 89.8 Å². The largest absolute Gasteiger partial charge is 0.325 e. The highest BCUT2D eigenvalue weighted by Gasteiger charge is 2.27. The Labute approximate surface area is 149 Å². The molecule has 1 saturated carbocycles. The van der Waals surface area contributed by atoms with Crippen molar-refractivity contribution in [2.45, 2.75) is 49.7 Å². The van der Waals surface area contributed by atoms with Crippen molar-refractivity contribution >= 4 is 29.1 Å². The van der Waals surface area contributed by atoms with Gasteiger partial charge in [-0.05, 0) is 54.0 Å². The first-order valence-electron chi connectivity index (χ1n) is 8.52. The predicted molar refractivity (Wildman–Crippen MR) is 93.9 cm³/mol. The molecule has 0 spiro atoms. The molecule has 1 aliphatic heterocycles. The Hall–Kier alpha value is -2.22. The maximum atomic E-state index is 12.6. The van der Waals surface area contributed by atoms with Gasteiger partial charge in [0.15, 0.2) is 5.78 Å². The number of tetrazole rings is 1. The fourth-order valence-corrected chi connectivity index (χ4v) is 4.30. The molecular formula is C17H19N5O2S. The number of nitrogens with zero attached hydrogens (tertiary/aromatic N) is 4. The number of hydrogen-bond donors (Lipinski definition) is 1. The van der Waals surface area contributed by atoms with Crippen LogP contribution in [0.15, 0.2) is 23.4 Å². The minimum Gasteiger partial charge on any atom is -0.325 e. The third-order valence-corrected chi connectivity index (χ3v) is 5.89. The highest BCUT2D eigenvalue weighted by atomic mass is 32.2. The molecule has 0 saturated heterocycles. The zero-order valence-corrected chi connectivity index (χ0v) is 14.8. The van der Waals surface area contributed by atoms with Gasteiger partial charge in [0.1, 0.15) is 0 Å². The van der Waals surface area contributed by atoms with Gasteiger partial charge in [-0.1, -0.05) is 24.6 Å². The van der Waals surface area contributed by atoms with E-state index >= 15 is 0 Å². The molecule has 0 radical (unpaired) electrons. The van der Waals surface area contributed by atoms with Crippen LogP contribution in [0.4, 0.5) is 5.69 Å². The smallest absolute Gasteiger partial charge is 0.231 e. The Morgan fingerprint density at radius 3 is 2.96 bits per heavy atom. The van der Waals surface area contributed by atoms with Gasteiger partial charge in [0.05, 0.1) is 17.7 Å². The number of Topliss-reactive ketones (excluding diaryl/α,β-unsaturated/α-hetero) is 1. The molecule has 1 aromatic carbocycles. The SMILES string of the molecule is C[C@@H]1C(=O)Nc2ccc(C(=O)CSc3nnnn3C3CCCC3)cc21. The molecule has 1 N–H and O–H groups in total. The predicted octanol–water partition coefficient (Wildman–Crippen LogP) is 2.82. The summed E-state index contributed by atoms with van der Waals surface area (Å²) >= 11 is 1.37.